The van der Waals surface area contributed by atoms with Gasteiger partial charge in [0, 0.05) is 50.4 Å². The fourth-order valence-electron chi connectivity index (χ4n) is 8.32. The lowest BCUT2D eigenvalue weighted by atomic mass is 9.55. The second kappa shape index (κ2) is 11.8. The Hall–Kier alpha value is -3.86. The molecule has 0 spiro atoms. The molecule has 1 aliphatic heterocycles. The number of fused-ring (bicyclic) bond motifs is 1. The van der Waals surface area contributed by atoms with Crippen molar-refractivity contribution in [2.24, 2.45) is 29.1 Å². The van der Waals surface area contributed by atoms with Crippen LogP contribution < -0.4 is 0 Å². The number of carbonyl (C=O) groups excluding carboxylic acids is 5. The van der Waals surface area contributed by atoms with E-state index in [1.165, 1.54) is 19.3 Å². The standard InChI is InChI=1S/C34H41NO10/c1-8-24(37)43-27-19(5)15-34(45-20(6)36)26(27)29(44-25(38)9-2)33-17-41-32(7,31(34)40)28(33)22(18(3)4)12-13-23(33)42-30(39)21-11-10-14-35-16-21/h10-14,16,19,22-23,26-29H,3,8-9,15,17H2,1-2,4-7H3/t19-,22+,23+,26-,27-,28-,29+,32-,33-,34+/m0/s1. The number of hydrogen-bond acceptors (Lipinski definition) is 11. The minimum Gasteiger partial charge on any atom is -0.461 e. The maximum Gasteiger partial charge on any atom is 0.340 e. The van der Waals surface area contributed by atoms with E-state index in [9.17, 15) is 19.2 Å². The fourth-order valence-corrected chi connectivity index (χ4v) is 8.32. The quantitative estimate of drug-likeness (QED) is 0.236. The summed E-state index contributed by atoms with van der Waals surface area (Å²) in [6, 6.07) is 3.18. The predicted octanol–water partition coefficient (Wildman–Crippen LogP) is 3.94. The molecule has 4 aliphatic rings. The summed E-state index contributed by atoms with van der Waals surface area (Å²) in [5, 5.41) is 0. The Morgan fingerprint density at radius 2 is 1.76 bits per heavy atom. The Bertz CT molecular complexity index is 1440. The molecule has 0 unspecified atom stereocenters. The van der Waals surface area contributed by atoms with E-state index in [4.69, 9.17) is 23.7 Å². The van der Waals surface area contributed by atoms with Crippen molar-refractivity contribution in [2.45, 2.75) is 90.3 Å². The molecule has 242 valence electrons. The molecular formula is C34H41NO10. The van der Waals surface area contributed by atoms with Crippen molar-refractivity contribution in [3.8, 4) is 0 Å². The predicted molar refractivity (Wildman–Crippen MR) is 158 cm³/mol. The Balaban J connectivity index is 1.81. The zero-order chi connectivity index (χ0) is 32.9. The van der Waals surface area contributed by atoms with Gasteiger partial charge in [-0.2, -0.15) is 0 Å². The van der Waals surface area contributed by atoms with Gasteiger partial charge in [-0.1, -0.05) is 39.0 Å². The van der Waals surface area contributed by atoms with Crippen LogP contribution in [0.4, 0.5) is 0 Å². The SMILES string of the molecule is C=C(C)[C@H]1C=C[C@@H](OC(=O)c2cccnc2)[C@]23CO[C@](C)(C(=O)[C@@]4(OC(C)=O)C[C@H](C)[C@H](OC(=O)CC)[C@H]4[C@H]2OC(=O)CC)[C@H]13. The zero-order valence-corrected chi connectivity index (χ0v) is 26.6. The molecule has 3 fully saturated rings. The first kappa shape index (κ1) is 32.5. The molecule has 11 heteroatoms. The lowest BCUT2D eigenvalue weighted by molar-refractivity contribution is -0.210. The number of Topliss-reactive ketones (excluding diaryl/α,β-unsaturated/α-hetero) is 1. The lowest BCUT2D eigenvalue weighted by Gasteiger charge is -2.51. The summed E-state index contributed by atoms with van der Waals surface area (Å²) in [6.07, 6.45) is 3.24. The number of ether oxygens (including phenoxy) is 5. The molecule has 45 heavy (non-hydrogen) atoms. The van der Waals surface area contributed by atoms with Crippen molar-refractivity contribution in [1.82, 2.24) is 4.98 Å². The summed E-state index contributed by atoms with van der Waals surface area (Å²) in [6.45, 7) is 13.8. The molecule has 0 radical (unpaired) electrons. The smallest absolute Gasteiger partial charge is 0.340 e. The van der Waals surface area contributed by atoms with Gasteiger partial charge in [0.05, 0.1) is 23.5 Å². The number of esters is 4. The van der Waals surface area contributed by atoms with E-state index in [-0.39, 0.29) is 31.4 Å². The van der Waals surface area contributed by atoms with Crippen LogP contribution in [-0.4, -0.2) is 70.8 Å². The molecule has 0 N–H and O–H groups in total. The fraction of sp³-hybridized carbons (Fsp3) is 0.588. The van der Waals surface area contributed by atoms with Gasteiger partial charge in [0.1, 0.15) is 23.9 Å². The number of ketones is 1. The van der Waals surface area contributed by atoms with Gasteiger partial charge in [-0.05, 0) is 38.0 Å². The molecular weight excluding hydrogens is 582 g/mol. The molecule has 2 heterocycles. The van der Waals surface area contributed by atoms with Crippen LogP contribution in [0.15, 0.2) is 48.8 Å². The van der Waals surface area contributed by atoms with Crippen molar-refractivity contribution in [1.29, 1.82) is 0 Å². The maximum atomic E-state index is 15.1. The average Bonchev–Trinajstić information content (AvgIpc) is 3.46. The van der Waals surface area contributed by atoms with E-state index in [1.54, 1.807) is 45.9 Å². The van der Waals surface area contributed by atoms with Crippen LogP contribution in [-0.2, 0) is 42.9 Å². The third kappa shape index (κ3) is 4.99. The molecule has 0 amide bonds. The van der Waals surface area contributed by atoms with Gasteiger partial charge >= 0.3 is 23.9 Å². The van der Waals surface area contributed by atoms with Gasteiger partial charge in [0.2, 0.25) is 5.78 Å². The van der Waals surface area contributed by atoms with Crippen LogP contribution in [0.1, 0.15) is 71.2 Å². The van der Waals surface area contributed by atoms with Crippen molar-refractivity contribution >= 4 is 29.7 Å². The number of nitrogens with zero attached hydrogens (tertiary/aromatic N) is 1. The molecule has 2 saturated carbocycles. The number of aromatic nitrogens is 1. The summed E-state index contributed by atoms with van der Waals surface area (Å²) in [4.78, 5) is 71.7. The first-order chi connectivity index (χ1) is 21.3. The third-order valence-electron chi connectivity index (χ3n) is 10.1. The lowest BCUT2D eigenvalue weighted by Crippen LogP contribution is -2.62. The van der Waals surface area contributed by atoms with Crippen LogP contribution in [0.5, 0.6) is 0 Å². The van der Waals surface area contributed by atoms with Crippen molar-refractivity contribution in [3.05, 3.63) is 54.4 Å². The van der Waals surface area contributed by atoms with Crippen LogP contribution in [0, 0.1) is 29.1 Å². The minimum absolute atomic E-state index is 0.00493. The largest absolute Gasteiger partial charge is 0.461 e. The first-order valence-electron chi connectivity index (χ1n) is 15.5. The number of hydrogen-bond donors (Lipinski definition) is 0. The number of pyridine rings is 1. The maximum absolute atomic E-state index is 15.1. The van der Waals surface area contributed by atoms with E-state index in [2.05, 4.69) is 11.6 Å². The Labute approximate surface area is 262 Å². The molecule has 5 rings (SSSR count). The Kier molecular flexibility index (Phi) is 8.54. The van der Waals surface area contributed by atoms with Crippen LogP contribution in [0.3, 0.4) is 0 Å². The average molecular weight is 624 g/mol. The Morgan fingerprint density at radius 1 is 1.07 bits per heavy atom. The van der Waals surface area contributed by atoms with Gasteiger partial charge in [-0.15, -0.1) is 0 Å². The van der Waals surface area contributed by atoms with E-state index in [1.807, 2.05) is 13.0 Å². The molecule has 1 aromatic heterocycles. The normalized spacial score (nSPS) is 37.9. The molecule has 1 saturated heterocycles. The number of rotatable bonds is 8. The van der Waals surface area contributed by atoms with E-state index in [0.717, 1.165) is 0 Å². The second-order valence-electron chi connectivity index (χ2n) is 12.9. The Morgan fingerprint density at radius 3 is 2.36 bits per heavy atom. The highest BCUT2D eigenvalue weighted by Gasteiger charge is 2.81. The van der Waals surface area contributed by atoms with Gasteiger partial charge in [-0.25, -0.2) is 4.79 Å². The van der Waals surface area contributed by atoms with Crippen LogP contribution in [0.2, 0.25) is 0 Å². The van der Waals surface area contributed by atoms with Crippen LogP contribution in [0.25, 0.3) is 0 Å². The van der Waals surface area contributed by atoms with Crippen molar-refractivity contribution in [3.63, 3.8) is 0 Å². The van der Waals surface area contributed by atoms with E-state index >= 15 is 4.79 Å². The summed E-state index contributed by atoms with van der Waals surface area (Å²) < 4.78 is 31.1. The van der Waals surface area contributed by atoms with E-state index in [0.29, 0.717) is 5.57 Å². The van der Waals surface area contributed by atoms with E-state index < -0.39 is 88.3 Å². The second-order valence-corrected chi connectivity index (χ2v) is 12.9. The highest BCUT2D eigenvalue weighted by Crippen LogP contribution is 2.67. The van der Waals surface area contributed by atoms with Crippen LogP contribution >= 0.6 is 0 Å². The summed E-state index contributed by atoms with van der Waals surface area (Å²) in [5.74, 6) is -5.86. The number of carbonyl (C=O) groups is 5. The summed E-state index contributed by atoms with van der Waals surface area (Å²) in [7, 11) is 0. The van der Waals surface area contributed by atoms with Gasteiger partial charge in [-0.3, -0.25) is 24.2 Å². The highest BCUT2D eigenvalue weighted by atomic mass is 16.6. The minimum atomic E-state index is -1.88. The monoisotopic (exact) mass is 623 g/mol. The van der Waals surface area contributed by atoms with Gasteiger partial charge < -0.3 is 23.7 Å². The summed E-state index contributed by atoms with van der Waals surface area (Å²) in [5.41, 5.74) is -3.94. The third-order valence-corrected chi connectivity index (χ3v) is 10.1. The molecule has 2 bridgehead atoms. The number of allylic oxidation sites excluding steroid dienone is 2. The van der Waals surface area contributed by atoms with Gasteiger partial charge in [0.15, 0.2) is 5.60 Å². The molecule has 3 aliphatic carbocycles. The molecule has 10 atom stereocenters. The zero-order valence-electron chi connectivity index (χ0n) is 26.6. The summed E-state index contributed by atoms with van der Waals surface area (Å²) >= 11 is 0. The topological polar surface area (TPSA) is 144 Å². The molecule has 11 nitrogen and oxygen atoms in total. The first-order valence-corrected chi connectivity index (χ1v) is 15.5. The van der Waals surface area contributed by atoms with Gasteiger partial charge in [0.25, 0.3) is 0 Å². The molecule has 0 aromatic carbocycles. The molecule has 1 aromatic rings. The van der Waals surface area contributed by atoms with Crippen molar-refractivity contribution in [2.75, 3.05) is 6.61 Å². The van der Waals surface area contributed by atoms with Crippen molar-refractivity contribution < 1.29 is 47.7 Å². The highest BCUT2D eigenvalue weighted by molar-refractivity contribution is 5.98.